The minimum Gasteiger partial charge on any atom is -0.485 e. The molecule has 0 saturated carbocycles. The molecule has 0 spiro atoms. The first-order valence-corrected chi connectivity index (χ1v) is 13.7. The van der Waals surface area contributed by atoms with Crippen molar-refractivity contribution in [2.45, 2.75) is 58.7 Å². The zero-order valence-electron chi connectivity index (χ0n) is 22.8. The van der Waals surface area contributed by atoms with Gasteiger partial charge in [-0.2, -0.15) is 4.98 Å². The highest BCUT2D eigenvalue weighted by molar-refractivity contribution is 6.00. The molecule has 0 bridgehead atoms. The molecule has 0 aliphatic carbocycles. The van der Waals surface area contributed by atoms with Gasteiger partial charge < -0.3 is 18.8 Å². The summed E-state index contributed by atoms with van der Waals surface area (Å²) in [7, 11) is 0. The third-order valence-electron chi connectivity index (χ3n) is 6.14. The first-order valence-electron chi connectivity index (χ1n) is 13.7. The minimum absolute atomic E-state index is 0.119. The van der Waals surface area contributed by atoms with Crippen molar-refractivity contribution in [3.05, 3.63) is 102 Å². The molecule has 0 fully saturated rings. The quantitative estimate of drug-likeness (QED) is 0.0644. The molecule has 0 N–H and O–H groups in total. The van der Waals surface area contributed by atoms with Gasteiger partial charge in [0, 0.05) is 12.0 Å². The molecular weight excluding hydrogens is 506 g/mol. The molecule has 8 nitrogen and oxygen atoms in total. The van der Waals surface area contributed by atoms with Crippen LogP contribution in [0.4, 0.5) is 0 Å². The van der Waals surface area contributed by atoms with Crippen LogP contribution in [0.3, 0.4) is 0 Å². The number of esters is 1. The Morgan fingerprint density at radius 1 is 0.825 bits per heavy atom. The van der Waals surface area contributed by atoms with Crippen LogP contribution in [-0.2, 0) is 27.6 Å². The van der Waals surface area contributed by atoms with Crippen LogP contribution < -0.4 is 4.74 Å². The van der Waals surface area contributed by atoms with Gasteiger partial charge in [-0.1, -0.05) is 83.8 Å². The number of oxime groups is 1. The van der Waals surface area contributed by atoms with Crippen molar-refractivity contribution in [1.29, 1.82) is 0 Å². The van der Waals surface area contributed by atoms with E-state index in [1.165, 1.54) is 0 Å². The second kappa shape index (κ2) is 15.8. The Kier molecular flexibility index (Phi) is 11.3. The fourth-order valence-corrected chi connectivity index (χ4v) is 4.05. The normalized spacial score (nSPS) is 11.3. The lowest BCUT2D eigenvalue weighted by atomic mass is 10.0. The van der Waals surface area contributed by atoms with E-state index in [9.17, 15) is 4.79 Å². The number of aromatic nitrogens is 2. The van der Waals surface area contributed by atoms with Gasteiger partial charge in [0.05, 0.1) is 12.3 Å². The average Bonchev–Trinajstić information content (AvgIpc) is 3.48. The monoisotopic (exact) mass is 541 g/mol. The largest absolute Gasteiger partial charge is 0.485 e. The van der Waals surface area contributed by atoms with E-state index < -0.39 is 0 Å². The van der Waals surface area contributed by atoms with E-state index in [4.69, 9.17) is 18.8 Å². The number of benzene rings is 3. The molecule has 0 radical (unpaired) electrons. The maximum absolute atomic E-state index is 11.5. The molecular formula is C32H35N3O5. The number of carbonyl (C=O) groups is 1. The van der Waals surface area contributed by atoms with E-state index in [0.29, 0.717) is 37.1 Å². The van der Waals surface area contributed by atoms with Crippen LogP contribution >= 0.6 is 0 Å². The van der Waals surface area contributed by atoms with Crippen molar-refractivity contribution in [3.63, 3.8) is 0 Å². The Hall–Kier alpha value is -4.46. The van der Waals surface area contributed by atoms with E-state index in [1.807, 2.05) is 91.9 Å². The number of hydrogen-bond donors (Lipinski definition) is 0. The summed E-state index contributed by atoms with van der Waals surface area (Å²) in [6.45, 7) is 2.82. The first kappa shape index (κ1) is 28.5. The Labute approximate surface area is 235 Å². The number of hydrogen-bond acceptors (Lipinski definition) is 8. The third kappa shape index (κ3) is 9.38. The van der Waals surface area contributed by atoms with Gasteiger partial charge in [-0.25, -0.2) is 0 Å². The highest BCUT2D eigenvalue weighted by Crippen LogP contribution is 2.19. The maximum Gasteiger partial charge on any atom is 0.305 e. The van der Waals surface area contributed by atoms with Gasteiger partial charge in [-0.3, -0.25) is 4.79 Å². The summed E-state index contributed by atoms with van der Waals surface area (Å²) in [4.78, 5) is 21.6. The molecule has 0 aliphatic heterocycles. The van der Waals surface area contributed by atoms with Crippen LogP contribution in [0.15, 0.2) is 94.6 Å². The van der Waals surface area contributed by atoms with Crippen LogP contribution in [0.25, 0.3) is 11.5 Å². The summed E-state index contributed by atoms with van der Waals surface area (Å²) in [6.07, 6.45) is 5.10. The molecule has 8 heteroatoms. The van der Waals surface area contributed by atoms with Crippen molar-refractivity contribution in [1.82, 2.24) is 10.1 Å². The highest BCUT2D eigenvalue weighted by atomic mass is 16.6. The van der Waals surface area contributed by atoms with Gasteiger partial charge in [0.2, 0.25) is 5.82 Å². The average molecular weight is 542 g/mol. The van der Waals surface area contributed by atoms with E-state index >= 15 is 0 Å². The Balaban J connectivity index is 1.23. The molecule has 3 aromatic carbocycles. The van der Waals surface area contributed by atoms with E-state index in [1.54, 1.807) is 0 Å². The number of rotatable bonds is 16. The van der Waals surface area contributed by atoms with Crippen molar-refractivity contribution < 1.29 is 23.6 Å². The number of nitrogens with zero attached hydrogens (tertiary/aromatic N) is 3. The second-order valence-corrected chi connectivity index (χ2v) is 9.21. The van der Waals surface area contributed by atoms with Crippen LogP contribution in [-0.4, -0.2) is 28.4 Å². The maximum atomic E-state index is 11.5. The summed E-state index contributed by atoms with van der Waals surface area (Å²) in [5.41, 5.74) is 3.82. The number of ether oxygens (including phenoxy) is 2. The molecule has 0 saturated heterocycles. The van der Waals surface area contributed by atoms with E-state index in [0.717, 1.165) is 54.5 Å². The SMILES string of the molecule is CCOC(=O)CCCCCCC(=NOCc1ccc(OCc2noc(-c3ccccc3)n2)cc1)c1ccccc1. The highest BCUT2D eigenvalue weighted by Gasteiger charge is 2.09. The van der Waals surface area contributed by atoms with Crippen molar-refractivity contribution in [2.24, 2.45) is 5.16 Å². The molecule has 4 rings (SSSR count). The Morgan fingerprint density at radius 2 is 1.52 bits per heavy atom. The summed E-state index contributed by atoms with van der Waals surface area (Å²) in [6, 6.07) is 27.4. The summed E-state index contributed by atoms with van der Waals surface area (Å²) < 4.78 is 16.1. The van der Waals surface area contributed by atoms with Crippen molar-refractivity contribution in [3.8, 4) is 17.2 Å². The lowest BCUT2D eigenvalue weighted by molar-refractivity contribution is -0.143. The summed E-state index contributed by atoms with van der Waals surface area (Å²) in [5.74, 6) is 1.53. The molecule has 0 unspecified atom stereocenters. The van der Waals surface area contributed by atoms with Crippen molar-refractivity contribution in [2.75, 3.05) is 6.61 Å². The van der Waals surface area contributed by atoms with Crippen molar-refractivity contribution >= 4 is 11.7 Å². The topological polar surface area (TPSA) is 96.0 Å². The van der Waals surface area contributed by atoms with Crippen LogP contribution in [0.2, 0.25) is 0 Å². The molecule has 1 aromatic heterocycles. The molecule has 1 heterocycles. The lowest BCUT2D eigenvalue weighted by Gasteiger charge is -2.08. The van der Waals surface area contributed by atoms with Gasteiger partial charge in [0.1, 0.15) is 12.4 Å². The molecule has 40 heavy (non-hydrogen) atoms. The van der Waals surface area contributed by atoms with Crippen LogP contribution in [0.1, 0.15) is 62.4 Å². The van der Waals surface area contributed by atoms with Gasteiger partial charge in [0.25, 0.3) is 5.89 Å². The summed E-state index contributed by atoms with van der Waals surface area (Å²) in [5, 5.41) is 8.46. The number of unbranched alkanes of at least 4 members (excludes halogenated alkanes) is 3. The molecule has 0 atom stereocenters. The molecule has 0 aliphatic rings. The zero-order valence-corrected chi connectivity index (χ0v) is 22.8. The Morgan fingerprint density at radius 3 is 2.25 bits per heavy atom. The first-order chi connectivity index (χ1) is 19.7. The lowest BCUT2D eigenvalue weighted by Crippen LogP contribution is -2.04. The van der Waals surface area contributed by atoms with E-state index in [2.05, 4.69) is 15.3 Å². The number of carbonyl (C=O) groups excluding carboxylic acids is 1. The van der Waals surface area contributed by atoms with Crippen LogP contribution in [0.5, 0.6) is 5.75 Å². The predicted octanol–water partition coefficient (Wildman–Crippen LogP) is 7.14. The third-order valence-corrected chi connectivity index (χ3v) is 6.14. The molecule has 208 valence electrons. The fourth-order valence-electron chi connectivity index (χ4n) is 4.05. The van der Waals surface area contributed by atoms with Crippen LogP contribution in [0, 0.1) is 0 Å². The standard InChI is InChI=1S/C32H35N3O5/c1-2-37-31(36)18-12-4-3-11-17-29(26-13-7-5-8-14-26)34-39-23-25-19-21-28(22-20-25)38-24-30-33-32(40-35-30)27-15-9-6-10-16-27/h5-10,13-16,19-22H,2-4,11-12,17-18,23-24H2,1H3. The van der Waals surface area contributed by atoms with Gasteiger partial charge >= 0.3 is 5.97 Å². The summed E-state index contributed by atoms with van der Waals surface area (Å²) >= 11 is 0. The molecule has 4 aromatic rings. The van der Waals surface area contributed by atoms with Gasteiger partial charge in [-0.05, 0) is 61.6 Å². The predicted molar refractivity (Wildman–Crippen MR) is 153 cm³/mol. The minimum atomic E-state index is -0.119. The van der Waals surface area contributed by atoms with E-state index in [-0.39, 0.29) is 12.6 Å². The second-order valence-electron chi connectivity index (χ2n) is 9.21. The molecule has 0 amide bonds. The zero-order chi connectivity index (χ0) is 27.8. The van der Waals surface area contributed by atoms with Gasteiger partial charge in [-0.15, -0.1) is 0 Å². The smallest absolute Gasteiger partial charge is 0.305 e. The van der Waals surface area contributed by atoms with Gasteiger partial charge in [0.15, 0.2) is 6.61 Å². The Bertz CT molecular complexity index is 1320. The fraction of sp³-hybridized carbons (Fsp3) is 0.312.